The van der Waals surface area contributed by atoms with Crippen LogP contribution in [0.25, 0.3) is 15.9 Å². The molecule has 0 aliphatic heterocycles. The van der Waals surface area contributed by atoms with Gasteiger partial charge in [-0.05, 0) is 61.9 Å². The highest BCUT2D eigenvalue weighted by molar-refractivity contribution is 7.99. The summed E-state index contributed by atoms with van der Waals surface area (Å²) < 4.78 is 1.71. The highest BCUT2D eigenvalue weighted by atomic mass is 32.2. The molecule has 0 atom stereocenters. The van der Waals surface area contributed by atoms with E-state index < -0.39 is 0 Å². The molecular formula is C24H23N3O2S2. The van der Waals surface area contributed by atoms with E-state index in [4.69, 9.17) is 4.98 Å². The SMILES string of the molecule is Cc1ccccc1-n1c(SCC(=O)c2ccc[nH]2)nc2sc3c(c2c1=O)CCCCC3. The van der Waals surface area contributed by atoms with E-state index in [-0.39, 0.29) is 17.1 Å². The van der Waals surface area contributed by atoms with Gasteiger partial charge in [0.05, 0.1) is 22.5 Å². The molecule has 7 heteroatoms. The number of nitrogens with zero attached hydrogens (tertiary/aromatic N) is 2. The van der Waals surface area contributed by atoms with Gasteiger partial charge in [-0.3, -0.25) is 14.2 Å². The van der Waals surface area contributed by atoms with Crippen LogP contribution in [0.1, 0.15) is 45.8 Å². The first kappa shape index (κ1) is 20.3. The number of benzene rings is 1. The number of rotatable bonds is 5. The lowest BCUT2D eigenvalue weighted by atomic mass is 10.1. The van der Waals surface area contributed by atoms with Gasteiger partial charge >= 0.3 is 0 Å². The molecule has 0 amide bonds. The van der Waals surface area contributed by atoms with Crippen molar-refractivity contribution in [3.05, 3.63) is 74.6 Å². The molecule has 0 unspecified atom stereocenters. The van der Waals surface area contributed by atoms with E-state index in [0.29, 0.717) is 10.9 Å². The Morgan fingerprint density at radius 2 is 2.00 bits per heavy atom. The predicted molar refractivity (Wildman–Crippen MR) is 127 cm³/mol. The van der Waals surface area contributed by atoms with Crippen LogP contribution >= 0.6 is 23.1 Å². The largest absolute Gasteiger partial charge is 0.359 e. The summed E-state index contributed by atoms with van der Waals surface area (Å²) in [6.07, 6.45) is 7.19. The lowest BCUT2D eigenvalue weighted by molar-refractivity contribution is 0.101. The molecule has 31 heavy (non-hydrogen) atoms. The Hall–Kier alpha value is -2.64. The summed E-state index contributed by atoms with van der Waals surface area (Å²) in [6.45, 7) is 2.00. The van der Waals surface area contributed by atoms with Crippen LogP contribution in [-0.2, 0) is 12.8 Å². The van der Waals surface area contributed by atoms with Crippen molar-refractivity contribution in [1.82, 2.24) is 14.5 Å². The van der Waals surface area contributed by atoms with Gasteiger partial charge in [0.25, 0.3) is 5.56 Å². The Morgan fingerprint density at radius 1 is 1.16 bits per heavy atom. The summed E-state index contributed by atoms with van der Waals surface area (Å²) in [5.41, 5.74) is 3.57. The van der Waals surface area contributed by atoms with Crippen LogP contribution in [0.3, 0.4) is 0 Å². The number of para-hydroxylation sites is 1. The zero-order valence-electron chi connectivity index (χ0n) is 17.3. The quantitative estimate of drug-likeness (QED) is 0.194. The van der Waals surface area contributed by atoms with Crippen LogP contribution in [0.15, 0.2) is 52.5 Å². The molecule has 0 radical (unpaired) electrons. The third kappa shape index (κ3) is 3.77. The number of nitrogens with one attached hydrogen (secondary N) is 1. The van der Waals surface area contributed by atoms with E-state index in [1.54, 1.807) is 28.2 Å². The van der Waals surface area contributed by atoms with Crippen LogP contribution in [0.4, 0.5) is 0 Å². The average molecular weight is 450 g/mol. The van der Waals surface area contributed by atoms with E-state index in [2.05, 4.69) is 4.98 Å². The van der Waals surface area contributed by atoms with Crippen molar-refractivity contribution in [2.75, 3.05) is 5.75 Å². The number of Topliss-reactive ketones (excluding diaryl/α,β-unsaturated/α-hetero) is 1. The number of thioether (sulfide) groups is 1. The molecule has 0 spiro atoms. The van der Waals surface area contributed by atoms with Gasteiger partial charge in [0.2, 0.25) is 0 Å². The third-order valence-electron chi connectivity index (χ3n) is 5.80. The Bertz CT molecular complexity index is 1320. The van der Waals surface area contributed by atoms with Crippen molar-refractivity contribution in [3.8, 4) is 5.69 Å². The van der Waals surface area contributed by atoms with E-state index in [0.717, 1.165) is 47.2 Å². The first-order valence-corrected chi connectivity index (χ1v) is 12.4. The lowest BCUT2D eigenvalue weighted by Crippen LogP contribution is -2.23. The summed E-state index contributed by atoms with van der Waals surface area (Å²) >= 11 is 2.98. The monoisotopic (exact) mass is 449 g/mol. The summed E-state index contributed by atoms with van der Waals surface area (Å²) in [7, 11) is 0. The minimum absolute atomic E-state index is 0.0114. The second-order valence-corrected chi connectivity index (χ2v) is 9.89. The topological polar surface area (TPSA) is 67.8 Å². The van der Waals surface area contributed by atoms with Crippen molar-refractivity contribution in [3.63, 3.8) is 0 Å². The summed E-state index contributed by atoms with van der Waals surface area (Å²) in [5, 5.41) is 1.34. The van der Waals surface area contributed by atoms with E-state index in [9.17, 15) is 9.59 Å². The number of thiophene rings is 1. The highest BCUT2D eigenvalue weighted by Gasteiger charge is 2.23. The second-order valence-electron chi connectivity index (χ2n) is 7.86. The van der Waals surface area contributed by atoms with E-state index in [1.165, 1.54) is 28.6 Å². The zero-order chi connectivity index (χ0) is 21.4. The Labute approximate surface area is 188 Å². The normalized spacial score (nSPS) is 13.8. The molecule has 3 aromatic heterocycles. The molecule has 4 aromatic rings. The zero-order valence-corrected chi connectivity index (χ0v) is 18.9. The van der Waals surface area contributed by atoms with Crippen molar-refractivity contribution < 1.29 is 4.79 Å². The Balaban J connectivity index is 1.66. The van der Waals surface area contributed by atoms with Gasteiger partial charge in [-0.1, -0.05) is 36.4 Å². The van der Waals surface area contributed by atoms with Crippen LogP contribution in [0.2, 0.25) is 0 Å². The molecular weight excluding hydrogens is 426 g/mol. The Kier molecular flexibility index (Phi) is 5.54. The number of aromatic nitrogens is 3. The van der Waals surface area contributed by atoms with Crippen LogP contribution < -0.4 is 5.56 Å². The van der Waals surface area contributed by atoms with Gasteiger partial charge in [-0.25, -0.2) is 4.98 Å². The van der Waals surface area contributed by atoms with Crippen molar-refractivity contribution in [2.24, 2.45) is 0 Å². The average Bonchev–Trinajstić information content (AvgIpc) is 3.36. The maximum Gasteiger partial charge on any atom is 0.267 e. The van der Waals surface area contributed by atoms with E-state index in [1.807, 2.05) is 37.3 Å². The van der Waals surface area contributed by atoms with Crippen molar-refractivity contribution in [2.45, 2.75) is 44.2 Å². The van der Waals surface area contributed by atoms with Gasteiger partial charge in [-0.15, -0.1) is 11.3 Å². The number of aromatic amines is 1. The van der Waals surface area contributed by atoms with E-state index >= 15 is 0 Å². The number of fused-ring (bicyclic) bond motifs is 3. The number of ketones is 1. The molecule has 0 saturated carbocycles. The van der Waals surface area contributed by atoms with Gasteiger partial charge in [0.1, 0.15) is 4.83 Å². The molecule has 5 nitrogen and oxygen atoms in total. The van der Waals surface area contributed by atoms with Crippen LogP contribution in [0.5, 0.6) is 0 Å². The van der Waals surface area contributed by atoms with Crippen LogP contribution in [-0.4, -0.2) is 26.1 Å². The highest BCUT2D eigenvalue weighted by Crippen LogP contribution is 2.35. The molecule has 1 aliphatic carbocycles. The third-order valence-corrected chi connectivity index (χ3v) is 7.92. The van der Waals surface area contributed by atoms with Gasteiger partial charge in [-0.2, -0.15) is 0 Å². The minimum atomic E-state index is -0.0199. The number of carbonyl (C=O) groups is 1. The molecule has 1 N–H and O–H groups in total. The molecule has 0 bridgehead atoms. The van der Waals surface area contributed by atoms with Crippen molar-refractivity contribution >= 4 is 39.1 Å². The molecule has 5 rings (SSSR count). The number of hydrogen-bond acceptors (Lipinski definition) is 5. The second kappa shape index (κ2) is 8.48. The first-order valence-electron chi connectivity index (χ1n) is 10.6. The smallest absolute Gasteiger partial charge is 0.267 e. The lowest BCUT2D eigenvalue weighted by Gasteiger charge is -2.14. The maximum absolute atomic E-state index is 13.8. The number of aryl methyl sites for hydroxylation is 3. The fourth-order valence-corrected chi connectivity index (χ4v) is 6.39. The predicted octanol–water partition coefficient (Wildman–Crippen LogP) is 5.33. The molecule has 1 aromatic carbocycles. The van der Waals surface area contributed by atoms with Gasteiger partial charge in [0.15, 0.2) is 10.9 Å². The molecule has 0 fully saturated rings. The van der Waals surface area contributed by atoms with Gasteiger partial charge < -0.3 is 4.98 Å². The minimum Gasteiger partial charge on any atom is -0.359 e. The molecule has 1 aliphatic rings. The molecule has 3 heterocycles. The fourth-order valence-electron chi connectivity index (χ4n) is 4.20. The van der Waals surface area contributed by atoms with Crippen LogP contribution in [0, 0.1) is 6.92 Å². The standard InChI is InChI=1S/C24H23N3O2S2/c1-15-8-5-6-11-18(15)27-23(29)21-16-9-3-2-4-12-20(16)31-22(21)26-24(27)30-14-19(28)17-10-7-13-25-17/h5-8,10-11,13,25H,2-4,9,12,14H2,1H3. The maximum atomic E-state index is 13.8. The molecule has 0 saturated heterocycles. The number of carbonyl (C=O) groups excluding carboxylic acids is 1. The van der Waals surface area contributed by atoms with Crippen molar-refractivity contribution in [1.29, 1.82) is 0 Å². The number of H-pyrrole nitrogens is 1. The summed E-state index contributed by atoms with van der Waals surface area (Å²) in [4.78, 5) is 36.4. The fraction of sp³-hybridized carbons (Fsp3) is 0.292. The Morgan fingerprint density at radius 3 is 2.81 bits per heavy atom. The number of hydrogen-bond donors (Lipinski definition) is 1. The summed E-state index contributed by atoms with van der Waals surface area (Å²) in [6, 6.07) is 11.4. The first-order chi connectivity index (χ1) is 15.1. The van der Waals surface area contributed by atoms with Gasteiger partial charge in [0, 0.05) is 11.1 Å². The summed E-state index contributed by atoms with van der Waals surface area (Å²) in [5.74, 6) is 0.206. The molecule has 158 valence electrons.